The highest BCUT2D eigenvalue weighted by Gasteiger charge is 2.64. The van der Waals surface area contributed by atoms with Gasteiger partial charge in [0.25, 0.3) is 0 Å². The smallest absolute Gasteiger partial charge is 0.338 e. The van der Waals surface area contributed by atoms with Gasteiger partial charge in [-0.1, -0.05) is 78.9 Å². The number of carbonyl (C=O) groups is 3. The van der Waals surface area contributed by atoms with Gasteiger partial charge in [0.2, 0.25) is 5.91 Å². The first-order chi connectivity index (χ1) is 44.7. The number of carboxylic acids is 1. The Bertz CT molecular complexity index is 3630. The standard InChI is InChI=1S/C66H71Cl5N5O16P/c67-33-51(77)27-48(8-4-5-9-59(82)41-10-23-58-56(26-41)57(38-72-58)63-62(89-24-25-90-63)40-6-2-1-3-7-40)73-45-17-11-42(12-18-45)66(92-93(87,88)39-61(83)76-65(64(84)85)32-60(65)91-86,43-13-19-46(20-14-43)74-49(28-52(78)34-68)29-53(79)35-69)44-15-21-47(22-16-44)75-50(30-54(80)36-70)31-55(81)37-71/h1-7,10-23,26,38,51-55,60,72,77-81,86H,8-9,24-25,27-37,39H2,(H,76,83)(H,84,85)(H,87,88)/b5-4-,73-48?,74-49?,75-50?. The zero-order valence-electron chi connectivity index (χ0n) is 50.1. The third kappa shape index (κ3) is 19.2. The summed E-state index contributed by atoms with van der Waals surface area (Å²) in [6.45, 7) is 0.734. The van der Waals surface area contributed by atoms with Crippen LogP contribution in [0.4, 0.5) is 17.1 Å². The molecule has 496 valence electrons. The van der Waals surface area contributed by atoms with Crippen molar-refractivity contribution < 1.29 is 78.6 Å². The largest absolute Gasteiger partial charge is 0.485 e. The van der Waals surface area contributed by atoms with E-state index in [1.165, 1.54) is 24.3 Å². The number of ether oxygens (including phenoxy) is 2. The number of alkyl halides is 5. The average Bonchev–Trinajstić information content (AvgIpc) is 1.72. The summed E-state index contributed by atoms with van der Waals surface area (Å²) >= 11 is 29.9. The number of carbonyl (C=O) groups excluding carboxylic acids is 2. The summed E-state index contributed by atoms with van der Waals surface area (Å²) in [7, 11) is -5.29. The van der Waals surface area contributed by atoms with E-state index in [-0.39, 0.29) is 103 Å². The minimum atomic E-state index is -5.29. The number of hydrogen-bond acceptors (Lipinski definition) is 17. The molecule has 21 nitrogen and oxygen atoms in total. The Morgan fingerprint density at radius 2 is 1.10 bits per heavy atom. The number of amides is 1. The highest BCUT2D eigenvalue weighted by Crippen LogP contribution is 2.55. The van der Waals surface area contributed by atoms with Gasteiger partial charge in [-0.05, 0) is 71.3 Å². The van der Waals surface area contributed by atoms with Crippen LogP contribution >= 0.6 is 65.6 Å². The van der Waals surface area contributed by atoms with E-state index >= 15 is 0 Å². The molecule has 1 aliphatic heterocycles. The number of aromatic amines is 1. The van der Waals surface area contributed by atoms with Crippen molar-refractivity contribution in [3.63, 3.8) is 0 Å². The summed E-state index contributed by atoms with van der Waals surface area (Å²) in [6, 6.07) is 33.6. The second kappa shape index (κ2) is 33.9. The van der Waals surface area contributed by atoms with Gasteiger partial charge in [-0.25, -0.2) is 9.68 Å². The number of nitrogens with one attached hydrogen (secondary N) is 2. The number of fused-ring (bicyclic) bond motifs is 1. The van der Waals surface area contributed by atoms with Crippen molar-refractivity contribution in [2.75, 3.05) is 48.8 Å². The van der Waals surface area contributed by atoms with E-state index < -0.39 is 73.4 Å². The quantitative estimate of drug-likeness (QED) is 0.00258. The molecule has 1 aliphatic carbocycles. The molecule has 1 saturated carbocycles. The molecule has 0 saturated heterocycles. The van der Waals surface area contributed by atoms with Gasteiger partial charge in [-0.3, -0.25) is 38.9 Å². The van der Waals surface area contributed by atoms with Crippen molar-refractivity contribution in [1.82, 2.24) is 10.3 Å². The summed E-state index contributed by atoms with van der Waals surface area (Å²) in [5, 5.41) is 75.2. The Kier molecular flexibility index (Phi) is 26.4. The fraction of sp³-hybridized carbons (Fsp3) is 0.364. The first kappa shape index (κ1) is 72.5. The second-order valence-corrected chi connectivity index (χ2v) is 25.7. The number of H-pyrrole nitrogens is 1. The maximum atomic E-state index is 14.9. The third-order valence-electron chi connectivity index (χ3n) is 15.2. The van der Waals surface area contributed by atoms with Crippen LogP contribution in [0.5, 0.6) is 0 Å². The number of aromatic nitrogens is 1. The van der Waals surface area contributed by atoms with E-state index in [1.807, 2.05) is 48.7 Å². The van der Waals surface area contributed by atoms with Crippen LogP contribution in [0.1, 0.15) is 89.5 Å². The topological polar surface area (TPSA) is 332 Å². The summed E-state index contributed by atoms with van der Waals surface area (Å²) in [4.78, 5) is 73.7. The van der Waals surface area contributed by atoms with Crippen LogP contribution in [0.3, 0.4) is 0 Å². The number of aliphatic hydroxyl groups is 5. The van der Waals surface area contributed by atoms with Crippen LogP contribution in [-0.2, 0) is 38.6 Å². The summed E-state index contributed by atoms with van der Waals surface area (Å²) in [5.41, 5.74) is 1.18. The van der Waals surface area contributed by atoms with Crippen LogP contribution in [0, 0.1) is 0 Å². The van der Waals surface area contributed by atoms with Crippen LogP contribution in [-0.4, -0.2) is 172 Å². The van der Waals surface area contributed by atoms with Crippen molar-refractivity contribution in [2.45, 2.75) is 99.1 Å². The van der Waals surface area contributed by atoms with E-state index in [0.29, 0.717) is 64.5 Å². The molecule has 10 N–H and O–H groups in total. The van der Waals surface area contributed by atoms with Crippen molar-refractivity contribution in [1.29, 1.82) is 0 Å². The number of benzene rings is 5. The van der Waals surface area contributed by atoms with Crippen LogP contribution in [0.2, 0.25) is 0 Å². The molecule has 0 bridgehead atoms. The number of halogens is 5. The van der Waals surface area contributed by atoms with Crippen molar-refractivity contribution in [2.24, 2.45) is 15.0 Å². The molecule has 1 fully saturated rings. The van der Waals surface area contributed by atoms with Gasteiger partial charge in [0.15, 0.2) is 28.4 Å². The van der Waals surface area contributed by atoms with Gasteiger partial charge < -0.3 is 55.3 Å². The molecule has 5 aromatic carbocycles. The van der Waals surface area contributed by atoms with Gasteiger partial charge >= 0.3 is 13.6 Å². The Balaban J connectivity index is 1.17. The van der Waals surface area contributed by atoms with Crippen molar-refractivity contribution in [3.05, 3.63) is 173 Å². The molecule has 2 heterocycles. The highest BCUT2D eigenvalue weighted by molar-refractivity contribution is 7.53. The van der Waals surface area contributed by atoms with Crippen LogP contribution in [0.15, 0.2) is 155 Å². The zero-order chi connectivity index (χ0) is 66.9. The normalized spacial score (nSPS) is 18.7. The number of aliphatic carboxylic acids is 1. The lowest BCUT2D eigenvalue weighted by Crippen LogP contribution is -2.47. The van der Waals surface area contributed by atoms with Crippen LogP contribution in [0.25, 0.3) is 22.4 Å². The molecule has 0 spiro atoms. The molecular weight excluding hydrogens is 1330 g/mol. The molecule has 0 radical (unpaired) electrons. The number of nitrogens with zero attached hydrogens (tertiary/aromatic N) is 3. The number of allylic oxidation sites excluding steroid dienone is 2. The third-order valence-corrected chi connectivity index (χ3v) is 18.2. The minimum Gasteiger partial charge on any atom is -0.485 e. The lowest BCUT2D eigenvalue weighted by atomic mass is 9.80. The predicted molar refractivity (Wildman–Crippen MR) is 360 cm³/mol. The van der Waals surface area contributed by atoms with Gasteiger partial charge in [0.1, 0.15) is 25.5 Å². The molecule has 8 rings (SSSR count). The van der Waals surface area contributed by atoms with Crippen molar-refractivity contribution in [3.8, 4) is 0 Å². The van der Waals surface area contributed by atoms with Crippen molar-refractivity contribution >= 4 is 140 Å². The number of ketones is 1. The van der Waals surface area contributed by atoms with Crippen LogP contribution < -0.4 is 5.32 Å². The highest BCUT2D eigenvalue weighted by atomic mass is 35.5. The number of aliphatic hydroxyl groups excluding tert-OH is 5. The molecule has 2 aliphatic rings. The van der Waals surface area contributed by atoms with E-state index in [4.69, 9.17) is 87.0 Å². The lowest BCUT2D eigenvalue weighted by molar-refractivity contribution is -0.257. The number of aliphatic imine (C=N–C) groups is 3. The summed E-state index contributed by atoms with van der Waals surface area (Å²) in [5.74, 6) is -2.46. The SMILES string of the molecule is O=C(CP(=O)(O)OC(c1ccc(N=C(C/C=C\CC(=O)c2ccc3[nH]cc(C4=C(c5ccccc5)OCCO4)c3c2)CC(O)CCl)cc1)(c1ccc(N=C(CC(O)CCl)CC(O)CCl)cc1)c1ccc(N=C(CC(O)CCl)CC(O)CCl)cc1)NC1(C(=O)O)CC1OO. The lowest BCUT2D eigenvalue weighted by Gasteiger charge is -2.37. The van der Waals surface area contributed by atoms with E-state index in [9.17, 15) is 59.7 Å². The fourth-order valence-corrected chi connectivity index (χ4v) is 12.4. The van der Waals surface area contributed by atoms with E-state index in [1.54, 1.807) is 66.7 Å². The number of hydrogen-bond donors (Lipinski definition) is 10. The number of rotatable bonds is 35. The monoisotopic (exact) mass is 1400 g/mol. The Morgan fingerprint density at radius 1 is 0.645 bits per heavy atom. The fourth-order valence-electron chi connectivity index (χ4n) is 10.6. The Hall–Kier alpha value is -6.34. The molecule has 1 amide bonds. The molecule has 6 aromatic rings. The first-order valence-corrected chi connectivity index (χ1v) is 34.0. The maximum Gasteiger partial charge on any atom is 0.338 e. The summed E-state index contributed by atoms with van der Waals surface area (Å²) in [6.07, 6.45) is -2.64. The number of carboxylic acid groups (broad SMARTS) is 1. The van der Waals surface area contributed by atoms with Gasteiger partial charge in [-0.2, -0.15) is 0 Å². The van der Waals surface area contributed by atoms with Gasteiger partial charge in [-0.15, -0.1) is 58.0 Å². The molecule has 8 unspecified atom stereocenters. The molecular formula is C66H71Cl5N5O16P. The Morgan fingerprint density at radius 3 is 1.55 bits per heavy atom. The van der Waals surface area contributed by atoms with E-state index in [2.05, 4.69) is 15.2 Å². The molecule has 1 aromatic heterocycles. The maximum absolute atomic E-state index is 14.9. The zero-order valence-corrected chi connectivity index (χ0v) is 54.8. The second-order valence-electron chi connectivity index (χ2n) is 22.4. The Labute approximate surface area is 561 Å². The molecule has 93 heavy (non-hydrogen) atoms. The van der Waals surface area contributed by atoms with Gasteiger partial charge in [0, 0.05) is 132 Å². The first-order valence-electron chi connectivity index (χ1n) is 29.6. The van der Waals surface area contributed by atoms with E-state index in [0.717, 1.165) is 22.0 Å². The molecule has 8 atom stereocenters. The van der Waals surface area contributed by atoms with Gasteiger partial charge in [0.05, 0.1) is 47.6 Å². The molecule has 27 heteroatoms. The predicted octanol–water partition coefficient (Wildman–Crippen LogP) is 11.1. The minimum absolute atomic E-state index is 0.0176. The average molecular weight is 1400 g/mol. The number of Topliss-reactive ketones (excluding diaryl/α,β-unsaturated/α-hetero) is 1. The summed E-state index contributed by atoms with van der Waals surface area (Å²) < 4.78 is 33.6.